The van der Waals surface area contributed by atoms with E-state index in [9.17, 15) is 0 Å². The number of hydrogen-bond acceptors (Lipinski definition) is 3. The number of aryl methyl sites for hydroxylation is 1. The molecule has 82 valence electrons. The van der Waals surface area contributed by atoms with Crippen LogP contribution in [0.2, 0.25) is 0 Å². The molecule has 0 spiro atoms. The molecule has 0 unspecified atom stereocenters. The maximum Gasteiger partial charge on any atom is 0.0979 e. The Bertz CT molecular complexity index is 348. The predicted octanol–water partition coefficient (Wildman–Crippen LogP) is 4.17. The molecule has 0 saturated carbocycles. The highest BCUT2D eigenvalue weighted by atomic mass is 32.1. The van der Waals surface area contributed by atoms with Crippen molar-refractivity contribution in [2.24, 2.45) is 9.98 Å². The lowest BCUT2D eigenvalue weighted by Gasteiger charge is -1.93. The zero-order valence-electron chi connectivity index (χ0n) is 9.82. The lowest BCUT2D eigenvalue weighted by atomic mass is 10.3. The highest BCUT2D eigenvalue weighted by molar-refractivity contribution is 7.13. The molecule has 1 aromatic rings. The van der Waals surface area contributed by atoms with Gasteiger partial charge in [0.1, 0.15) is 0 Å². The molecule has 15 heavy (non-hydrogen) atoms. The normalized spacial score (nSPS) is 11.1. The highest BCUT2D eigenvalue weighted by Crippen LogP contribution is 2.24. The molecule has 0 aromatic carbocycles. The van der Waals surface area contributed by atoms with E-state index in [1.165, 1.54) is 4.88 Å². The van der Waals surface area contributed by atoms with Crippen molar-refractivity contribution in [3.63, 3.8) is 0 Å². The van der Waals surface area contributed by atoms with Crippen LogP contribution in [0, 0.1) is 6.92 Å². The SMILES string of the molecule is C=N/C=C(\N=CC)c1ccc(C)s1.CC. The summed E-state index contributed by atoms with van der Waals surface area (Å²) in [5.41, 5.74) is 0.871. The number of thiophene rings is 1. The highest BCUT2D eigenvalue weighted by Gasteiger charge is 2.00. The zero-order chi connectivity index (χ0) is 11.7. The molecular formula is C12H18N2S. The van der Waals surface area contributed by atoms with Crippen LogP contribution in [0.4, 0.5) is 0 Å². The molecule has 0 aliphatic heterocycles. The average molecular weight is 222 g/mol. The van der Waals surface area contributed by atoms with Crippen LogP contribution >= 0.6 is 11.3 Å². The predicted molar refractivity (Wildman–Crippen MR) is 72.1 cm³/mol. The molecule has 0 radical (unpaired) electrons. The maximum atomic E-state index is 4.21. The minimum atomic E-state index is 0.871. The third kappa shape index (κ3) is 4.70. The topological polar surface area (TPSA) is 24.7 Å². The quantitative estimate of drug-likeness (QED) is 0.686. The van der Waals surface area contributed by atoms with Crippen LogP contribution in [-0.4, -0.2) is 12.9 Å². The van der Waals surface area contributed by atoms with Gasteiger partial charge >= 0.3 is 0 Å². The second-order valence-electron chi connectivity index (χ2n) is 2.49. The molecule has 0 atom stereocenters. The molecule has 0 fully saturated rings. The second kappa shape index (κ2) is 8.12. The van der Waals surface area contributed by atoms with Gasteiger partial charge in [0.25, 0.3) is 0 Å². The van der Waals surface area contributed by atoms with E-state index >= 15 is 0 Å². The summed E-state index contributed by atoms with van der Waals surface area (Å²) >= 11 is 1.71. The standard InChI is InChI=1S/C10H12N2S.C2H6/c1-4-12-9(7-11-3)10-6-5-8(2)13-10;1-2/h4-7H,3H2,1-2H3;1-2H3/b9-7-,12-4?;. The first-order chi connectivity index (χ1) is 7.27. The van der Waals surface area contributed by atoms with Crippen LogP contribution in [0.25, 0.3) is 5.70 Å². The van der Waals surface area contributed by atoms with E-state index in [1.54, 1.807) is 23.8 Å². The minimum absolute atomic E-state index is 0.871. The van der Waals surface area contributed by atoms with E-state index in [-0.39, 0.29) is 0 Å². The van der Waals surface area contributed by atoms with Crippen LogP contribution < -0.4 is 0 Å². The maximum absolute atomic E-state index is 4.21. The molecule has 1 rings (SSSR count). The van der Waals surface area contributed by atoms with E-state index < -0.39 is 0 Å². The summed E-state index contributed by atoms with van der Waals surface area (Å²) in [6.45, 7) is 11.4. The third-order valence-electron chi connectivity index (χ3n) is 1.47. The largest absolute Gasteiger partial charge is 0.270 e. The molecular weight excluding hydrogens is 204 g/mol. The van der Waals surface area contributed by atoms with Crippen molar-refractivity contribution in [3.05, 3.63) is 28.1 Å². The number of rotatable bonds is 3. The van der Waals surface area contributed by atoms with Crippen molar-refractivity contribution < 1.29 is 0 Å². The Balaban J connectivity index is 0.000000921. The summed E-state index contributed by atoms with van der Waals surface area (Å²) in [4.78, 5) is 10.3. The van der Waals surface area contributed by atoms with E-state index in [4.69, 9.17) is 0 Å². The van der Waals surface area contributed by atoms with E-state index in [0.29, 0.717) is 0 Å². The van der Waals surface area contributed by atoms with Crippen LogP contribution in [0.5, 0.6) is 0 Å². The molecule has 0 amide bonds. The average Bonchev–Trinajstić information content (AvgIpc) is 2.68. The molecule has 2 nitrogen and oxygen atoms in total. The smallest absolute Gasteiger partial charge is 0.0979 e. The van der Waals surface area contributed by atoms with E-state index in [2.05, 4.69) is 29.7 Å². The Morgan fingerprint density at radius 3 is 2.47 bits per heavy atom. The number of aliphatic imine (C=N–C) groups is 2. The van der Waals surface area contributed by atoms with Crippen molar-refractivity contribution in [3.8, 4) is 0 Å². The van der Waals surface area contributed by atoms with Crippen molar-refractivity contribution in [1.29, 1.82) is 0 Å². The number of nitrogens with zero attached hydrogens (tertiary/aromatic N) is 2. The summed E-state index contributed by atoms with van der Waals surface area (Å²) in [5.74, 6) is 0. The lowest BCUT2D eigenvalue weighted by Crippen LogP contribution is -1.73. The van der Waals surface area contributed by atoms with Gasteiger partial charge in [-0.1, -0.05) is 13.8 Å². The van der Waals surface area contributed by atoms with Crippen LogP contribution in [0.3, 0.4) is 0 Å². The number of hydrogen-bond donors (Lipinski definition) is 0. The molecule has 0 aliphatic carbocycles. The van der Waals surface area contributed by atoms with Crippen LogP contribution in [0.15, 0.2) is 28.3 Å². The molecule has 0 aliphatic rings. The first-order valence-electron chi connectivity index (χ1n) is 4.99. The Hall–Kier alpha value is -1.22. The van der Waals surface area contributed by atoms with Gasteiger partial charge in [-0.15, -0.1) is 11.3 Å². The van der Waals surface area contributed by atoms with E-state index in [1.807, 2.05) is 26.8 Å². The molecule has 0 N–H and O–H groups in total. The molecule has 1 aromatic heterocycles. The van der Waals surface area contributed by atoms with Gasteiger partial charge in [0, 0.05) is 11.1 Å². The summed E-state index contributed by atoms with van der Waals surface area (Å²) in [6.07, 6.45) is 3.43. The van der Waals surface area contributed by atoms with E-state index in [0.717, 1.165) is 10.6 Å². The van der Waals surface area contributed by atoms with Crippen LogP contribution in [-0.2, 0) is 0 Å². The summed E-state index contributed by atoms with van der Waals surface area (Å²) in [5, 5.41) is 0. The Labute approximate surface area is 96.1 Å². The molecule has 1 heterocycles. The van der Waals surface area contributed by atoms with Gasteiger partial charge < -0.3 is 0 Å². The fourth-order valence-electron chi connectivity index (χ4n) is 0.958. The molecule has 0 bridgehead atoms. The van der Waals surface area contributed by atoms with Crippen molar-refractivity contribution >= 4 is 30.0 Å². The first-order valence-corrected chi connectivity index (χ1v) is 5.81. The van der Waals surface area contributed by atoms with Gasteiger partial charge in [-0.2, -0.15) is 0 Å². The van der Waals surface area contributed by atoms with Gasteiger partial charge in [-0.3, -0.25) is 9.98 Å². The monoisotopic (exact) mass is 222 g/mol. The first kappa shape index (κ1) is 13.8. The lowest BCUT2D eigenvalue weighted by molar-refractivity contribution is 1.50. The summed E-state index contributed by atoms with van der Waals surface area (Å²) in [6, 6.07) is 4.12. The zero-order valence-corrected chi connectivity index (χ0v) is 10.6. The third-order valence-corrected chi connectivity index (χ3v) is 2.50. The van der Waals surface area contributed by atoms with Crippen LogP contribution in [0.1, 0.15) is 30.5 Å². The minimum Gasteiger partial charge on any atom is -0.270 e. The second-order valence-corrected chi connectivity index (χ2v) is 3.78. The van der Waals surface area contributed by atoms with Gasteiger partial charge in [0.05, 0.1) is 16.8 Å². The Morgan fingerprint density at radius 2 is 2.07 bits per heavy atom. The summed E-state index contributed by atoms with van der Waals surface area (Å²) in [7, 11) is 0. The fourth-order valence-corrected chi connectivity index (χ4v) is 1.79. The molecule has 0 saturated heterocycles. The Kier molecular flexibility index (Phi) is 7.46. The fraction of sp³-hybridized carbons (Fsp3) is 0.333. The molecule has 3 heteroatoms. The van der Waals surface area contributed by atoms with Gasteiger partial charge in [0.2, 0.25) is 0 Å². The summed E-state index contributed by atoms with van der Waals surface area (Å²) < 4.78 is 0. The van der Waals surface area contributed by atoms with Crippen molar-refractivity contribution in [2.45, 2.75) is 27.7 Å². The van der Waals surface area contributed by atoms with Gasteiger partial charge in [0.15, 0.2) is 0 Å². The van der Waals surface area contributed by atoms with Crippen molar-refractivity contribution in [2.75, 3.05) is 0 Å². The van der Waals surface area contributed by atoms with Gasteiger partial charge in [-0.05, 0) is 32.7 Å². The van der Waals surface area contributed by atoms with Crippen molar-refractivity contribution in [1.82, 2.24) is 0 Å². The van der Waals surface area contributed by atoms with Gasteiger partial charge in [-0.25, -0.2) is 0 Å². The Morgan fingerprint density at radius 1 is 1.40 bits per heavy atom.